The Morgan fingerprint density at radius 1 is 0.811 bits per heavy atom. The molecule has 0 atom stereocenters. The molecule has 0 saturated carbocycles. The van der Waals surface area contributed by atoms with E-state index in [-0.39, 0.29) is 5.56 Å². The predicted molar refractivity (Wildman–Crippen MR) is 122 cm³/mol. The average molecular weight is 535 g/mol. The van der Waals surface area contributed by atoms with Gasteiger partial charge in [0.2, 0.25) is 5.82 Å². The number of nitrogen functional groups attached to an aromatic ring is 1. The van der Waals surface area contributed by atoms with Crippen molar-refractivity contribution < 1.29 is 35.1 Å². The molecular formula is C23H14F5N5O3S. The van der Waals surface area contributed by atoms with Crippen LogP contribution in [-0.4, -0.2) is 24.1 Å². The van der Waals surface area contributed by atoms with Crippen LogP contribution in [0.25, 0.3) is 0 Å². The number of rotatable bonds is 7. The first-order valence-corrected chi connectivity index (χ1v) is 11.6. The Kier molecular flexibility index (Phi) is 6.76. The number of aromatic nitrogens is 2. The van der Waals surface area contributed by atoms with Gasteiger partial charge in [-0.1, -0.05) is 18.2 Å². The molecule has 14 heteroatoms. The Morgan fingerprint density at radius 2 is 1.35 bits per heavy atom. The summed E-state index contributed by atoms with van der Waals surface area (Å²) in [7, 11) is -5.44. The van der Waals surface area contributed by atoms with Crippen molar-refractivity contribution in [2.75, 3.05) is 10.5 Å². The molecule has 8 nitrogen and oxygen atoms in total. The molecule has 4 rings (SSSR count). The minimum Gasteiger partial charge on any atom is -0.457 e. The number of sulfonamides is 1. The summed E-state index contributed by atoms with van der Waals surface area (Å²) in [6.45, 7) is 0. The molecule has 1 heterocycles. The van der Waals surface area contributed by atoms with Crippen LogP contribution in [0.5, 0.6) is 11.5 Å². The van der Waals surface area contributed by atoms with Crippen molar-refractivity contribution >= 4 is 27.4 Å². The van der Waals surface area contributed by atoms with Crippen LogP contribution >= 0.6 is 0 Å². The van der Waals surface area contributed by atoms with Gasteiger partial charge in [0.25, 0.3) is 10.0 Å². The Morgan fingerprint density at radius 3 is 1.95 bits per heavy atom. The highest BCUT2D eigenvalue weighted by atomic mass is 32.2. The molecule has 0 radical (unpaired) electrons. The molecule has 190 valence electrons. The molecule has 0 bridgehead atoms. The Bertz CT molecular complexity index is 1590. The van der Waals surface area contributed by atoms with Crippen molar-refractivity contribution in [3.8, 4) is 11.5 Å². The van der Waals surface area contributed by atoms with Gasteiger partial charge in [0.05, 0.1) is 11.3 Å². The smallest absolute Gasteiger partial charge is 0.269 e. The molecule has 0 fully saturated rings. The normalized spacial score (nSPS) is 11.3. The molecule has 37 heavy (non-hydrogen) atoms. The van der Waals surface area contributed by atoms with Crippen molar-refractivity contribution in [1.29, 1.82) is 5.41 Å². The van der Waals surface area contributed by atoms with E-state index in [1.807, 2.05) is 0 Å². The topological polar surface area (TPSA) is 131 Å². The van der Waals surface area contributed by atoms with Gasteiger partial charge in [0.15, 0.2) is 34.0 Å². The minimum atomic E-state index is -5.44. The van der Waals surface area contributed by atoms with Gasteiger partial charge in [0, 0.05) is 5.56 Å². The van der Waals surface area contributed by atoms with E-state index in [9.17, 15) is 30.4 Å². The summed E-state index contributed by atoms with van der Waals surface area (Å²) in [6, 6.07) is 14.7. The maximum atomic E-state index is 14.1. The van der Waals surface area contributed by atoms with Crippen LogP contribution in [-0.2, 0) is 10.0 Å². The summed E-state index contributed by atoms with van der Waals surface area (Å²) < 4.78 is 101. The fraction of sp³-hybridized carbons (Fsp3) is 0. The summed E-state index contributed by atoms with van der Waals surface area (Å²) in [5, 5.41) is 8.48. The zero-order valence-electron chi connectivity index (χ0n) is 18.3. The van der Waals surface area contributed by atoms with Gasteiger partial charge in [-0.05, 0) is 36.4 Å². The highest BCUT2D eigenvalue weighted by molar-refractivity contribution is 7.92. The summed E-state index contributed by atoms with van der Waals surface area (Å²) >= 11 is 0. The van der Waals surface area contributed by atoms with Crippen LogP contribution in [0, 0.1) is 34.5 Å². The second-order valence-electron chi connectivity index (χ2n) is 7.30. The monoisotopic (exact) mass is 535 g/mol. The van der Waals surface area contributed by atoms with Gasteiger partial charge in [-0.2, -0.15) is 0 Å². The van der Waals surface area contributed by atoms with Crippen molar-refractivity contribution in [1.82, 2.24) is 9.97 Å². The lowest BCUT2D eigenvalue weighted by molar-refractivity contribution is 0.358. The van der Waals surface area contributed by atoms with Crippen LogP contribution < -0.4 is 15.2 Å². The van der Waals surface area contributed by atoms with Gasteiger partial charge < -0.3 is 10.5 Å². The lowest BCUT2D eigenvalue weighted by atomic mass is 10.0. The third-order valence-electron chi connectivity index (χ3n) is 4.92. The second kappa shape index (κ2) is 9.81. The van der Waals surface area contributed by atoms with E-state index < -0.39 is 66.9 Å². The number of hydrogen-bond acceptors (Lipinski definition) is 7. The minimum absolute atomic E-state index is 0.179. The molecule has 0 unspecified atom stereocenters. The van der Waals surface area contributed by atoms with Crippen molar-refractivity contribution in [3.63, 3.8) is 0 Å². The first-order valence-electron chi connectivity index (χ1n) is 10.1. The molecule has 4 N–H and O–H groups in total. The first kappa shape index (κ1) is 25.5. The maximum absolute atomic E-state index is 14.1. The zero-order chi connectivity index (χ0) is 26.9. The van der Waals surface area contributed by atoms with Gasteiger partial charge in [0.1, 0.15) is 23.6 Å². The molecule has 0 spiro atoms. The fourth-order valence-electron chi connectivity index (χ4n) is 3.18. The molecule has 1 aromatic heterocycles. The Balaban J connectivity index is 1.69. The molecule has 0 aliphatic carbocycles. The fourth-order valence-corrected chi connectivity index (χ4v) is 4.34. The second-order valence-corrected chi connectivity index (χ2v) is 8.92. The lowest BCUT2D eigenvalue weighted by Gasteiger charge is -2.15. The number of benzene rings is 3. The first-order chi connectivity index (χ1) is 17.5. The van der Waals surface area contributed by atoms with E-state index in [1.165, 1.54) is 24.3 Å². The van der Waals surface area contributed by atoms with E-state index in [4.69, 9.17) is 15.9 Å². The zero-order valence-corrected chi connectivity index (χ0v) is 19.1. The summed E-state index contributed by atoms with van der Waals surface area (Å²) in [5.74, 6) is -12.7. The standard InChI is InChI=1S/C23H14F5N5O3S/c24-15-16(25)18(27)21(19(28)17(15)26)37(34,35)33-23-14(22(30)31-10-32-23)20(29)11-6-8-13(9-7-11)36-12-4-2-1-3-5-12/h1-10,29H,(H3,30,31,32,33). The molecule has 0 saturated heterocycles. The average Bonchev–Trinajstić information content (AvgIpc) is 2.87. The van der Waals surface area contributed by atoms with Crippen molar-refractivity contribution in [2.45, 2.75) is 4.90 Å². The largest absolute Gasteiger partial charge is 0.457 e. The lowest BCUT2D eigenvalue weighted by Crippen LogP contribution is -2.22. The highest BCUT2D eigenvalue weighted by Crippen LogP contribution is 2.30. The molecule has 0 amide bonds. The number of anilines is 2. The number of nitrogens with one attached hydrogen (secondary N) is 2. The molecule has 4 aromatic rings. The van der Waals surface area contributed by atoms with Gasteiger partial charge in [-0.25, -0.2) is 40.3 Å². The molecule has 0 aliphatic rings. The number of nitrogens with two attached hydrogens (primary N) is 1. The van der Waals surface area contributed by atoms with Gasteiger partial charge in [-0.3, -0.25) is 10.1 Å². The van der Waals surface area contributed by atoms with Crippen molar-refractivity contribution in [3.05, 3.63) is 101 Å². The van der Waals surface area contributed by atoms with E-state index >= 15 is 0 Å². The van der Waals surface area contributed by atoms with Crippen LogP contribution in [0.15, 0.2) is 65.8 Å². The van der Waals surface area contributed by atoms with Crippen LogP contribution in [0.3, 0.4) is 0 Å². The van der Waals surface area contributed by atoms with Gasteiger partial charge in [-0.15, -0.1) is 0 Å². The molecular weight excluding hydrogens is 521 g/mol. The van der Waals surface area contributed by atoms with E-state index in [0.717, 1.165) is 6.33 Å². The van der Waals surface area contributed by atoms with Crippen molar-refractivity contribution in [2.24, 2.45) is 0 Å². The number of nitrogens with zero attached hydrogens (tertiary/aromatic N) is 2. The maximum Gasteiger partial charge on any atom is 0.269 e. The van der Waals surface area contributed by atoms with E-state index in [0.29, 0.717) is 11.5 Å². The number of hydrogen-bond donors (Lipinski definition) is 3. The van der Waals surface area contributed by atoms with E-state index in [2.05, 4.69) is 9.97 Å². The molecule has 3 aromatic carbocycles. The van der Waals surface area contributed by atoms with Gasteiger partial charge >= 0.3 is 0 Å². The molecule has 0 aliphatic heterocycles. The van der Waals surface area contributed by atoms with E-state index in [1.54, 1.807) is 35.1 Å². The number of para-hydroxylation sites is 1. The summed E-state index contributed by atoms with van der Waals surface area (Å²) in [6.07, 6.45) is 0.777. The SMILES string of the molecule is N=C(c1ccc(Oc2ccccc2)cc1)c1c(N)ncnc1NS(=O)(=O)c1c(F)c(F)c(F)c(F)c1F. The van der Waals surface area contributed by atoms with Crippen LogP contribution in [0.2, 0.25) is 0 Å². The third-order valence-corrected chi connectivity index (χ3v) is 6.28. The van der Waals surface area contributed by atoms with Crippen LogP contribution in [0.4, 0.5) is 33.6 Å². The summed E-state index contributed by atoms with van der Waals surface area (Å²) in [4.78, 5) is 5.20. The highest BCUT2D eigenvalue weighted by Gasteiger charge is 2.34. The number of ether oxygens (including phenoxy) is 1. The quantitative estimate of drug-likeness (QED) is 0.135. The number of halogens is 5. The Labute approximate surface area is 206 Å². The van der Waals surface area contributed by atoms with Crippen LogP contribution in [0.1, 0.15) is 11.1 Å². The predicted octanol–water partition coefficient (Wildman–Crippen LogP) is 4.76. The third kappa shape index (κ3) is 4.91. The summed E-state index contributed by atoms with van der Waals surface area (Å²) in [5.41, 5.74) is 5.16. The Hall–Kier alpha value is -4.59.